The normalized spacial score (nSPS) is 16.6. The van der Waals surface area contributed by atoms with Crippen LogP contribution in [0.4, 0.5) is 0 Å². The van der Waals surface area contributed by atoms with Crippen LogP contribution in [0.25, 0.3) is 6.08 Å². The van der Waals surface area contributed by atoms with Crippen LogP contribution in [0.1, 0.15) is 24.0 Å². The molecule has 2 N–H and O–H groups in total. The van der Waals surface area contributed by atoms with Crippen molar-refractivity contribution in [3.63, 3.8) is 0 Å². The SMILES string of the molecule is Cc1ccc(/C=C/C(=O)NCC2(CO)CC2)c(Br)c1. The number of amides is 1. The molecule has 4 heteroatoms. The predicted molar refractivity (Wildman–Crippen MR) is 79.7 cm³/mol. The molecule has 0 unspecified atom stereocenters. The number of hydrogen-bond acceptors (Lipinski definition) is 2. The molecule has 1 saturated carbocycles. The van der Waals surface area contributed by atoms with E-state index in [0.29, 0.717) is 6.54 Å². The first-order valence-corrected chi connectivity index (χ1v) is 7.17. The number of carbonyl (C=O) groups excluding carboxylic acids is 1. The van der Waals surface area contributed by atoms with E-state index in [2.05, 4.69) is 21.2 Å². The van der Waals surface area contributed by atoms with Crippen LogP contribution in [0.15, 0.2) is 28.7 Å². The molecule has 0 aromatic heterocycles. The van der Waals surface area contributed by atoms with Gasteiger partial charge in [0.15, 0.2) is 0 Å². The maximum atomic E-state index is 11.7. The van der Waals surface area contributed by atoms with Crippen LogP contribution in [0.5, 0.6) is 0 Å². The van der Waals surface area contributed by atoms with Crippen LogP contribution >= 0.6 is 15.9 Å². The standard InChI is InChI=1S/C15H18BrNO2/c1-11-2-3-12(13(16)8-11)4-5-14(19)17-9-15(10-18)6-7-15/h2-5,8,18H,6-7,9-10H2,1H3,(H,17,19)/b5-4+. The van der Waals surface area contributed by atoms with Gasteiger partial charge in [-0.25, -0.2) is 0 Å². The molecule has 0 heterocycles. The molecule has 1 fully saturated rings. The number of benzene rings is 1. The summed E-state index contributed by atoms with van der Waals surface area (Å²) >= 11 is 3.47. The summed E-state index contributed by atoms with van der Waals surface area (Å²) in [6.45, 7) is 2.73. The molecule has 0 atom stereocenters. The van der Waals surface area contributed by atoms with Crippen molar-refractivity contribution in [2.75, 3.05) is 13.2 Å². The third-order valence-electron chi connectivity index (χ3n) is 3.50. The summed E-state index contributed by atoms with van der Waals surface area (Å²) in [7, 11) is 0. The molecule has 2 rings (SSSR count). The molecule has 0 spiro atoms. The largest absolute Gasteiger partial charge is 0.396 e. The Bertz CT molecular complexity index is 507. The molecular weight excluding hydrogens is 306 g/mol. The molecule has 0 bridgehead atoms. The number of aliphatic hydroxyl groups is 1. The maximum absolute atomic E-state index is 11.7. The fourth-order valence-electron chi connectivity index (χ4n) is 1.83. The van der Waals surface area contributed by atoms with Gasteiger partial charge >= 0.3 is 0 Å². The Morgan fingerprint density at radius 1 is 1.53 bits per heavy atom. The van der Waals surface area contributed by atoms with E-state index in [1.54, 1.807) is 6.08 Å². The first-order valence-electron chi connectivity index (χ1n) is 6.38. The van der Waals surface area contributed by atoms with E-state index >= 15 is 0 Å². The molecule has 1 aliphatic rings. The molecule has 19 heavy (non-hydrogen) atoms. The minimum absolute atomic E-state index is 0.0477. The minimum atomic E-state index is -0.118. The predicted octanol–water partition coefficient (Wildman–Crippen LogP) is 2.66. The van der Waals surface area contributed by atoms with Crippen molar-refractivity contribution in [2.24, 2.45) is 5.41 Å². The van der Waals surface area contributed by atoms with Gasteiger partial charge in [0.1, 0.15) is 0 Å². The highest BCUT2D eigenvalue weighted by molar-refractivity contribution is 9.10. The Morgan fingerprint density at radius 2 is 2.26 bits per heavy atom. The summed E-state index contributed by atoms with van der Waals surface area (Å²) in [4.78, 5) is 11.7. The summed E-state index contributed by atoms with van der Waals surface area (Å²) in [5, 5.41) is 12.0. The van der Waals surface area contributed by atoms with Gasteiger partial charge in [-0.1, -0.05) is 28.1 Å². The van der Waals surface area contributed by atoms with Crippen LogP contribution in [0, 0.1) is 12.3 Å². The monoisotopic (exact) mass is 323 g/mol. The molecule has 1 aliphatic carbocycles. The van der Waals surface area contributed by atoms with E-state index in [-0.39, 0.29) is 17.9 Å². The number of aliphatic hydroxyl groups excluding tert-OH is 1. The molecule has 102 valence electrons. The highest BCUT2D eigenvalue weighted by Gasteiger charge is 2.41. The van der Waals surface area contributed by atoms with Crippen LogP contribution < -0.4 is 5.32 Å². The zero-order valence-electron chi connectivity index (χ0n) is 10.9. The molecule has 1 aromatic carbocycles. The van der Waals surface area contributed by atoms with Crippen molar-refractivity contribution in [3.8, 4) is 0 Å². The topological polar surface area (TPSA) is 49.3 Å². The van der Waals surface area contributed by atoms with Crippen molar-refractivity contribution >= 4 is 27.9 Å². The Kier molecular flexibility index (Phi) is 4.42. The van der Waals surface area contributed by atoms with Gasteiger partial charge in [-0.2, -0.15) is 0 Å². The second-order valence-corrected chi connectivity index (χ2v) is 6.09. The number of hydrogen-bond donors (Lipinski definition) is 2. The van der Waals surface area contributed by atoms with Gasteiger partial charge in [0.25, 0.3) is 0 Å². The first kappa shape index (κ1) is 14.3. The van der Waals surface area contributed by atoms with Gasteiger partial charge in [-0.15, -0.1) is 0 Å². The zero-order valence-corrected chi connectivity index (χ0v) is 12.5. The van der Waals surface area contributed by atoms with Gasteiger partial charge in [0.2, 0.25) is 5.91 Å². The third-order valence-corrected chi connectivity index (χ3v) is 4.19. The van der Waals surface area contributed by atoms with Crippen LogP contribution in [-0.2, 0) is 4.79 Å². The Balaban J connectivity index is 1.89. The van der Waals surface area contributed by atoms with E-state index in [1.165, 1.54) is 11.6 Å². The van der Waals surface area contributed by atoms with Gasteiger partial charge < -0.3 is 10.4 Å². The molecule has 0 aliphatic heterocycles. The van der Waals surface area contributed by atoms with Crippen LogP contribution in [0.2, 0.25) is 0 Å². The van der Waals surface area contributed by atoms with E-state index < -0.39 is 0 Å². The summed E-state index contributed by atoms with van der Waals surface area (Å²) in [5.74, 6) is -0.118. The molecule has 0 saturated heterocycles. The molecule has 3 nitrogen and oxygen atoms in total. The van der Waals surface area contributed by atoms with Gasteiger partial charge in [-0.05, 0) is 43.0 Å². The second-order valence-electron chi connectivity index (χ2n) is 5.23. The van der Waals surface area contributed by atoms with Crippen molar-refractivity contribution in [2.45, 2.75) is 19.8 Å². The quantitative estimate of drug-likeness (QED) is 0.818. The highest BCUT2D eigenvalue weighted by atomic mass is 79.9. The third kappa shape index (κ3) is 3.91. The fraction of sp³-hybridized carbons (Fsp3) is 0.400. The lowest BCUT2D eigenvalue weighted by atomic mass is 10.1. The summed E-state index contributed by atoms with van der Waals surface area (Å²) in [6, 6.07) is 6.00. The van der Waals surface area contributed by atoms with Gasteiger partial charge in [-0.3, -0.25) is 4.79 Å². The average molecular weight is 324 g/mol. The van der Waals surface area contributed by atoms with E-state index in [4.69, 9.17) is 5.11 Å². The first-order chi connectivity index (χ1) is 9.04. The molecule has 1 aromatic rings. The number of nitrogens with one attached hydrogen (secondary N) is 1. The zero-order chi connectivity index (χ0) is 13.9. The van der Waals surface area contributed by atoms with E-state index in [1.807, 2.05) is 25.1 Å². The fourth-order valence-corrected chi connectivity index (χ4v) is 2.46. The molecule has 1 amide bonds. The Hall–Kier alpha value is -1.13. The van der Waals surface area contributed by atoms with Crippen molar-refractivity contribution in [1.82, 2.24) is 5.32 Å². The minimum Gasteiger partial charge on any atom is -0.396 e. The summed E-state index contributed by atoms with van der Waals surface area (Å²) in [5.41, 5.74) is 2.10. The number of halogens is 1. The second kappa shape index (κ2) is 5.88. The van der Waals surface area contributed by atoms with Crippen LogP contribution in [0.3, 0.4) is 0 Å². The molecular formula is C15H18BrNO2. The smallest absolute Gasteiger partial charge is 0.244 e. The number of rotatable bonds is 5. The maximum Gasteiger partial charge on any atom is 0.244 e. The van der Waals surface area contributed by atoms with Crippen molar-refractivity contribution in [1.29, 1.82) is 0 Å². The lowest BCUT2D eigenvalue weighted by molar-refractivity contribution is -0.116. The highest BCUT2D eigenvalue weighted by Crippen LogP contribution is 2.44. The Labute approximate surface area is 121 Å². The van der Waals surface area contributed by atoms with Crippen LogP contribution in [-0.4, -0.2) is 24.2 Å². The Morgan fingerprint density at radius 3 is 2.84 bits per heavy atom. The number of carbonyl (C=O) groups is 1. The van der Waals surface area contributed by atoms with E-state index in [9.17, 15) is 4.79 Å². The van der Waals surface area contributed by atoms with Crippen molar-refractivity contribution in [3.05, 3.63) is 39.9 Å². The van der Waals surface area contributed by atoms with Crippen molar-refractivity contribution < 1.29 is 9.90 Å². The van der Waals surface area contributed by atoms with Gasteiger partial charge in [0.05, 0.1) is 6.61 Å². The van der Waals surface area contributed by atoms with Gasteiger partial charge in [0, 0.05) is 22.5 Å². The summed E-state index contributed by atoms with van der Waals surface area (Å²) in [6.07, 6.45) is 5.31. The lowest BCUT2D eigenvalue weighted by Gasteiger charge is -2.11. The lowest BCUT2D eigenvalue weighted by Crippen LogP contribution is -2.30. The van der Waals surface area contributed by atoms with E-state index in [0.717, 1.165) is 22.9 Å². The number of aryl methyl sites for hydroxylation is 1. The average Bonchev–Trinajstić information content (AvgIpc) is 3.16. The summed E-state index contributed by atoms with van der Waals surface area (Å²) < 4.78 is 0.977. The molecule has 0 radical (unpaired) electrons.